The van der Waals surface area contributed by atoms with Gasteiger partial charge in [0.1, 0.15) is 0 Å². The van der Waals surface area contributed by atoms with Crippen LogP contribution in [-0.2, 0) is 0 Å². The van der Waals surface area contributed by atoms with Crippen LogP contribution in [0.25, 0.3) is 0 Å². The van der Waals surface area contributed by atoms with Gasteiger partial charge in [-0.15, -0.1) is 0 Å². The lowest BCUT2D eigenvalue weighted by molar-refractivity contribution is 0.0783. The number of amides is 1. The number of nitrogens with zero attached hydrogens (tertiary/aromatic N) is 1. The molecule has 1 fully saturated rings. The zero-order valence-electron chi connectivity index (χ0n) is 14.8. The second-order valence-corrected chi connectivity index (χ2v) is 6.82. The van der Waals surface area contributed by atoms with Crippen molar-refractivity contribution in [1.82, 2.24) is 4.90 Å². The second-order valence-electron chi connectivity index (χ2n) is 6.82. The molecule has 2 N–H and O–H groups in total. The predicted molar refractivity (Wildman–Crippen MR) is 98.9 cm³/mol. The summed E-state index contributed by atoms with van der Waals surface area (Å²) in [6.45, 7) is 5.96. The Labute approximate surface area is 148 Å². The van der Waals surface area contributed by atoms with Crippen molar-refractivity contribution in [2.45, 2.75) is 20.3 Å². The Bertz CT molecular complexity index is 813. The minimum atomic E-state index is -0.110. The SMILES string of the molecule is Cc1ccc(C(=O)c2ccccc2C(=O)N2CC[C@H](CN)C2)cc1C. The monoisotopic (exact) mass is 336 g/mol. The number of benzene rings is 2. The quantitative estimate of drug-likeness (QED) is 0.873. The van der Waals surface area contributed by atoms with Crippen molar-refractivity contribution in [3.8, 4) is 0 Å². The van der Waals surface area contributed by atoms with Gasteiger partial charge in [0.05, 0.1) is 5.56 Å². The summed E-state index contributed by atoms with van der Waals surface area (Å²) in [7, 11) is 0. The van der Waals surface area contributed by atoms with Gasteiger partial charge in [-0.25, -0.2) is 0 Å². The summed E-state index contributed by atoms with van der Waals surface area (Å²) in [5.41, 5.74) is 9.49. The molecule has 1 amide bonds. The smallest absolute Gasteiger partial charge is 0.254 e. The van der Waals surface area contributed by atoms with Crippen LogP contribution < -0.4 is 5.73 Å². The number of aryl methyl sites for hydroxylation is 2. The fourth-order valence-corrected chi connectivity index (χ4v) is 3.29. The number of carbonyl (C=O) groups is 2. The second kappa shape index (κ2) is 7.19. The summed E-state index contributed by atoms with van der Waals surface area (Å²) < 4.78 is 0. The number of nitrogens with two attached hydrogens (primary N) is 1. The van der Waals surface area contributed by atoms with E-state index in [2.05, 4.69) is 0 Å². The van der Waals surface area contributed by atoms with Gasteiger partial charge in [-0.3, -0.25) is 9.59 Å². The predicted octanol–water partition coefficient (Wildman–Crippen LogP) is 2.96. The number of hydrogen-bond acceptors (Lipinski definition) is 3. The molecular weight excluding hydrogens is 312 g/mol. The molecule has 1 aliphatic rings. The third kappa shape index (κ3) is 3.49. The van der Waals surface area contributed by atoms with Crippen LogP contribution in [0.2, 0.25) is 0 Å². The highest BCUT2D eigenvalue weighted by Gasteiger charge is 2.28. The lowest BCUT2D eigenvalue weighted by atomic mass is 9.95. The molecule has 0 saturated carbocycles. The van der Waals surface area contributed by atoms with Crippen LogP contribution in [-0.4, -0.2) is 36.2 Å². The molecule has 2 aromatic rings. The zero-order valence-corrected chi connectivity index (χ0v) is 14.8. The molecule has 0 unspecified atom stereocenters. The van der Waals surface area contributed by atoms with Gasteiger partial charge >= 0.3 is 0 Å². The van der Waals surface area contributed by atoms with E-state index in [4.69, 9.17) is 5.73 Å². The van der Waals surface area contributed by atoms with Crippen molar-refractivity contribution in [3.63, 3.8) is 0 Å². The fourth-order valence-electron chi connectivity index (χ4n) is 3.29. The fraction of sp³-hybridized carbons (Fsp3) is 0.333. The molecule has 2 aromatic carbocycles. The number of rotatable bonds is 4. The number of ketones is 1. The van der Waals surface area contributed by atoms with Gasteiger partial charge in [0.25, 0.3) is 5.91 Å². The Morgan fingerprint density at radius 1 is 1.08 bits per heavy atom. The molecule has 1 heterocycles. The Hall–Kier alpha value is -2.46. The minimum Gasteiger partial charge on any atom is -0.338 e. The first-order valence-electron chi connectivity index (χ1n) is 8.71. The van der Waals surface area contributed by atoms with Crippen LogP contribution in [0.1, 0.15) is 43.8 Å². The van der Waals surface area contributed by atoms with E-state index >= 15 is 0 Å². The molecule has 25 heavy (non-hydrogen) atoms. The first kappa shape index (κ1) is 17.4. The summed E-state index contributed by atoms with van der Waals surface area (Å²) in [4.78, 5) is 27.7. The highest BCUT2D eigenvalue weighted by molar-refractivity contribution is 6.15. The van der Waals surface area contributed by atoms with Crippen molar-refractivity contribution in [2.75, 3.05) is 19.6 Å². The van der Waals surface area contributed by atoms with Crippen LogP contribution in [0, 0.1) is 19.8 Å². The molecule has 0 aliphatic carbocycles. The van der Waals surface area contributed by atoms with Crippen LogP contribution in [0.5, 0.6) is 0 Å². The maximum absolute atomic E-state index is 13.0. The molecule has 0 spiro atoms. The molecule has 130 valence electrons. The van der Waals surface area contributed by atoms with E-state index < -0.39 is 0 Å². The molecule has 3 rings (SSSR count). The molecular formula is C21H24N2O2. The first-order chi connectivity index (χ1) is 12.0. The average molecular weight is 336 g/mol. The molecule has 1 aliphatic heterocycles. The van der Waals surface area contributed by atoms with E-state index in [1.165, 1.54) is 0 Å². The van der Waals surface area contributed by atoms with Crippen molar-refractivity contribution in [2.24, 2.45) is 11.7 Å². The maximum atomic E-state index is 13.0. The molecule has 0 radical (unpaired) electrons. The van der Waals surface area contributed by atoms with Gasteiger partial charge in [0, 0.05) is 24.2 Å². The summed E-state index contributed by atoms with van der Waals surface area (Å²) in [5.74, 6) is 0.164. The molecule has 0 aromatic heterocycles. The standard InChI is InChI=1S/C21H24N2O2/c1-14-7-8-17(11-15(14)2)20(24)18-5-3-4-6-19(18)21(25)23-10-9-16(12-22)13-23/h3-8,11,16H,9-10,12-13,22H2,1-2H3/t16-/m1/s1. The van der Waals surface area contributed by atoms with Crippen LogP contribution in [0.3, 0.4) is 0 Å². The molecule has 4 nitrogen and oxygen atoms in total. The van der Waals surface area contributed by atoms with Crippen molar-refractivity contribution >= 4 is 11.7 Å². The van der Waals surface area contributed by atoms with E-state index in [1.807, 2.05) is 36.9 Å². The molecule has 4 heteroatoms. The third-order valence-electron chi connectivity index (χ3n) is 5.08. The van der Waals surface area contributed by atoms with E-state index in [1.54, 1.807) is 24.3 Å². The van der Waals surface area contributed by atoms with Gasteiger partial charge in [0.2, 0.25) is 0 Å². The first-order valence-corrected chi connectivity index (χ1v) is 8.71. The minimum absolute atomic E-state index is 0.0799. The Kier molecular flexibility index (Phi) is 5.00. The van der Waals surface area contributed by atoms with Gasteiger partial charge < -0.3 is 10.6 Å². The molecule has 1 atom stereocenters. The topological polar surface area (TPSA) is 63.4 Å². The van der Waals surface area contributed by atoms with Gasteiger partial charge in [-0.05, 0) is 56.0 Å². The summed E-state index contributed by atoms with van der Waals surface area (Å²) >= 11 is 0. The normalized spacial score (nSPS) is 16.9. The average Bonchev–Trinajstić information content (AvgIpc) is 3.12. The van der Waals surface area contributed by atoms with Gasteiger partial charge in [0.15, 0.2) is 5.78 Å². The summed E-state index contributed by atoms with van der Waals surface area (Å²) in [5, 5.41) is 0. The Balaban J connectivity index is 1.91. The third-order valence-corrected chi connectivity index (χ3v) is 5.08. The van der Waals surface area contributed by atoms with Crippen LogP contribution >= 0.6 is 0 Å². The van der Waals surface area contributed by atoms with Crippen LogP contribution in [0.4, 0.5) is 0 Å². The number of hydrogen-bond donors (Lipinski definition) is 1. The van der Waals surface area contributed by atoms with E-state index in [0.717, 1.165) is 17.5 Å². The van der Waals surface area contributed by atoms with Crippen molar-refractivity contribution in [1.29, 1.82) is 0 Å². The van der Waals surface area contributed by atoms with E-state index in [0.29, 0.717) is 42.2 Å². The van der Waals surface area contributed by atoms with Crippen LogP contribution in [0.15, 0.2) is 42.5 Å². The highest BCUT2D eigenvalue weighted by atomic mass is 16.2. The Morgan fingerprint density at radius 3 is 2.44 bits per heavy atom. The lowest BCUT2D eigenvalue weighted by Crippen LogP contribution is -2.31. The van der Waals surface area contributed by atoms with Crippen molar-refractivity contribution in [3.05, 3.63) is 70.3 Å². The van der Waals surface area contributed by atoms with Gasteiger partial charge in [-0.2, -0.15) is 0 Å². The van der Waals surface area contributed by atoms with Crippen molar-refractivity contribution < 1.29 is 9.59 Å². The summed E-state index contributed by atoms with van der Waals surface area (Å²) in [6, 6.07) is 12.7. The van der Waals surface area contributed by atoms with E-state index in [9.17, 15) is 9.59 Å². The highest BCUT2D eigenvalue weighted by Crippen LogP contribution is 2.22. The zero-order chi connectivity index (χ0) is 18.0. The lowest BCUT2D eigenvalue weighted by Gasteiger charge is -2.18. The number of carbonyl (C=O) groups excluding carboxylic acids is 2. The maximum Gasteiger partial charge on any atom is 0.254 e. The Morgan fingerprint density at radius 2 is 1.80 bits per heavy atom. The summed E-state index contributed by atoms with van der Waals surface area (Å²) in [6.07, 6.45) is 0.926. The van der Waals surface area contributed by atoms with Gasteiger partial charge in [-0.1, -0.05) is 30.3 Å². The largest absolute Gasteiger partial charge is 0.338 e. The molecule has 0 bridgehead atoms. The van der Waals surface area contributed by atoms with E-state index in [-0.39, 0.29) is 11.7 Å². The number of likely N-dealkylation sites (tertiary alicyclic amines) is 1. The molecule has 1 saturated heterocycles.